The molecule has 0 heterocycles. The topological polar surface area (TPSA) is 9.23 Å². The Balaban J connectivity index is 2.13. The second kappa shape index (κ2) is 4.40. The van der Waals surface area contributed by atoms with Crippen LogP contribution in [0.4, 0.5) is 0 Å². The van der Waals surface area contributed by atoms with E-state index in [0.29, 0.717) is 0 Å². The van der Waals surface area contributed by atoms with E-state index in [-0.39, 0.29) is 5.41 Å². The fourth-order valence-electron chi connectivity index (χ4n) is 1.49. The monoisotopic (exact) mass is 212 g/mol. The molecule has 0 N–H and O–H groups in total. The average molecular weight is 212 g/mol. The van der Waals surface area contributed by atoms with Crippen LogP contribution in [0.25, 0.3) is 0 Å². The van der Waals surface area contributed by atoms with Crippen LogP contribution in [0.5, 0.6) is 5.75 Å². The van der Waals surface area contributed by atoms with Crippen molar-refractivity contribution in [2.45, 2.75) is 13.8 Å². The minimum atomic E-state index is 0.0955. The molecule has 16 heavy (non-hydrogen) atoms. The van der Waals surface area contributed by atoms with E-state index in [2.05, 4.69) is 26.0 Å². The summed E-state index contributed by atoms with van der Waals surface area (Å²) in [5.41, 5.74) is 0.0955. The summed E-state index contributed by atoms with van der Waals surface area (Å²) < 4.78 is 5.75. The molecule has 0 amide bonds. The summed E-state index contributed by atoms with van der Waals surface area (Å²) in [6, 6.07) is 9.82. The Kier molecular flexibility index (Phi) is 2.95. The van der Waals surface area contributed by atoms with Gasteiger partial charge in [0, 0.05) is 5.41 Å². The first-order valence-electron chi connectivity index (χ1n) is 5.47. The van der Waals surface area contributed by atoms with E-state index < -0.39 is 0 Å². The van der Waals surface area contributed by atoms with E-state index in [9.17, 15) is 0 Å². The number of ether oxygens (including phenoxy) is 1. The van der Waals surface area contributed by atoms with Crippen LogP contribution in [0.3, 0.4) is 0 Å². The van der Waals surface area contributed by atoms with Crippen molar-refractivity contribution in [3.8, 4) is 5.75 Å². The van der Waals surface area contributed by atoms with Crippen molar-refractivity contribution < 1.29 is 4.74 Å². The Morgan fingerprint density at radius 2 is 1.75 bits per heavy atom. The number of rotatable bonds is 2. The van der Waals surface area contributed by atoms with Crippen molar-refractivity contribution in [3.05, 3.63) is 66.5 Å². The van der Waals surface area contributed by atoms with E-state index in [1.54, 1.807) is 0 Å². The molecule has 1 aliphatic rings. The van der Waals surface area contributed by atoms with E-state index >= 15 is 0 Å². The normalized spacial score (nSPS) is 17.8. The molecule has 0 atom stereocenters. The molecule has 1 aromatic carbocycles. The Morgan fingerprint density at radius 3 is 2.50 bits per heavy atom. The van der Waals surface area contributed by atoms with Crippen molar-refractivity contribution in [2.24, 2.45) is 5.41 Å². The lowest BCUT2D eigenvalue weighted by atomic mass is 9.93. The van der Waals surface area contributed by atoms with Gasteiger partial charge in [-0.2, -0.15) is 0 Å². The first kappa shape index (κ1) is 10.7. The van der Waals surface area contributed by atoms with Crippen LogP contribution in [-0.2, 0) is 0 Å². The lowest BCUT2D eigenvalue weighted by Crippen LogP contribution is -2.01. The molecule has 0 aromatic heterocycles. The molecule has 82 valence electrons. The highest BCUT2D eigenvalue weighted by atomic mass is 16.5. The lowest BCUT2D eigenvalue weighted by molar-refractivity contribution is 0.443. The first-order valence-corrected chi connectivity index (χ1v) is 5.47. The van der Waals surface area contributed by atoms with E-state index in [1.807, 2.05) is 48.6 Å². The molecule has 0 aliphatic heterocycles. The number of para-hydroxylation sites is 1. The molecule has 0 saturated carbocycles. The smallest absolute Gasteiger partial charge is 0.127 e. The van der Waals surface area contributed by atoms with Crippen LogP contribution in [0.2, 0.25) is 0 Å². The van der Waals surface area contributed by atoms with Gasteiger partial charge in [-0.15, -0.1) is 0 Å². The summed E-state index contributed by atoms with van der Waals surface area (Å²) in [5.74, 6) is 1.74. The molecule has 0 radical (unpaired) electrons. The molecule has 0 bridgehead atoms. The number of allylic oxidation sites excluding steroid dienone is 5. The third-order valence-electron chi connectivity index (χ3n) is 2.44. The van der Waals surface area contributed by atoms with Gasteiger partial charge in [0.05, 0.1) is 0 Å². The fraction of sp³-hybridized carbons (Fsp3) is 0.200. The molecule has 0 saturated heterocycles. The Morgan fingerprint density at radius 1 is 1.00 bits per heavy atom. The molecule has 1 nitrogen and oxygen atoms in total. The van der Waals surface area contributed by atoms with Crippen molar-refractivity contribution in [2.75, 3.05) is 0 Å². The standard InChI is InChI=1S/C15H16O/c1-15(2)11-6-9-14(10-12-15)16-13-7-4-3-5-8-13/h3-12H,1-2H3. The third-order valence-corrected chi connectivity index (χ3v) is 2.44. The molecular weight excluding hydrogens is 196 g/mol. The van der Waals surface area contributed by atoms with Crippen molar-refractivity contribution >= 4 is 0 Å². The van der Waals surface area contributed by atoms with Gasteiger partial charge in [-0.25, -0.2) is 0 Å². The van der Waals surface area contributed by atoms with Crippen LogP contribution in [0, 0.1) is 5.41 Å². The van der Waals surface area contributed by atoms with Crippen LogP contribution >= 0.6 is 0 Å². The second-order valence-electron chi connectivity index (χ2n) is 4.50. The minimum absolute atomic E-state index is 0.0955. The minimum Gasteiger partial charge on any atom is -0.457 e. The Bertz CT molecular complexity index is 436. The molecule has 1 aliphatic carbocycles. The number of benzene rings is 1. The zero-order valence-electron chi connectivity index (χ0n) is 9.68. The average Bonchev–Trinajstić information content (AvgIpc) is 2.42. The van der Waals surface area contributed by atoms with E-state index in [0.717, 1.165) is 11.5 Å². The van der Waals surface area contributed by atoms with Crippen molar-refractivity contribution in [1.29, 1.82) is 0 Å². The second-order valence-corrected chi connectivity index (χ2v) is 4.50. The van der Waals surface area contributed by atoms with Crippen LogP contribution in [-0.4, -0.2) is 0 Å². The Labute approximate surface area is 96.8 Å². The van der Waals surface area contributed by atoms with Crippen LogP contribution in [0.15, 0.2) is 66.5 Å². The summed E-state index contributed by atoms with van der Waals surface area (Å²) in [6.07, 6.45) is 10.3. The van der Waals surface area contributed by atoms with Gasteiger partial charge in [0.2, 0.25) is 0 Å². The van der Waals surface area contributed by atoms with Gasteiger partial charge in [-0.05, 0) is 24.3 Å². The predicted molar refractivity (Wildman–Crippen MR) is 67.2 cm³/mol. The largest absolute Gasteiger partial charge is 0.457 e. The van der Waals surface area contributed by atoms with Crippen LogP contribution < -0.4 is 4.74 Å². The van der Waals surface area contributed by atoms with Gasteiger partial charge >= 0.3 is 0 Å². The van der Waals surface area contributed by atoms with E-state index in [4.69, 9.17) is 4.74 Å². The highest BCUT2D eigenvalue weighted by Crippen LogP contribution is 2.23. The maximum Gasteiger partial charge on any atom is 0.127 e. The highest BCUT2D eigenvalue weighted by Gasteiger charge is 2.10. The van der Waals surface area contributed by atoms with Gasteiger partial charge < -0.3 is 4.74 Å². The maximum atomic E-state index is 5.75. The summed E-state index contributed by atoms with van der Waals surface area (Å²) in [5, 5.41) is 0. The summed E-state index contributed by atoms with van der Waals surface area (Å²) in [7, 11) is 0. The highest BCUT2D eigenvalue weighted by molar-refractivity contribution is 5.31. The molecule has 1 heteroatoms. The third kappa shape index (κ3) is 2.86. The maximum absolute atomic E-state index is 5.75. The van der Waals surface area contributed by atoms with Crippen molar-refractivity contribution in [1.82, 2.24) is 0 Å². The number of hydrogen-bond acceptors (Lipinski definition) is 1. The van der Waals surface area contributed by atoms with Gasteiger partial charge in [0.15, 0.2) is 0 Å². The van der Waals surface area contributed by atoms with Gasteiger partial charge in [0.25, 0.3) is 0 Å². The van der Waals surface area contributed by atoms with E-state index in [1.165, 1.54) is 0 Å². The molecule has 0 spiro atoms. The summed E-state index contributed by atoms with van der Waals surface area (Å²) in [6.45, 7) is 4.33. The molecule has 0 fully saturated rings. The van der Waals surface area contributed by atoms with Crippen LogP contribution in [0.1, 0.15) is 13.8 Å². The zero-order valence-corrected chi connectivity index (χ0v) is 9.68. The Hall–Kier alpha value is -1.76. The zero-order chi connectivity index (χ0) is 11.4. The van der Waals surface area contributed by atoms with Gasteiger partial charge in [-0.3, -0.25) is 0 Å². The van der Waals surface area contributed by atoms with Gasteiger partial charge in [0.1, 0.15) is 11.5 Å². The number of hydrogen-bond donors (Lipinski definition) is 0. The molecule has 1 aromatic rings. The predicted octanol–water partition coefficient (Wildman–Crippen LogP) is 4.10. The quantitative estimate of drug-likeness (QED) is 0.717. The van der Waals surface area contributed by atoms with Crippen molar-refractivity contribution in [3.63, 3.8) is 0 Å². The lowest BCUT2D eigenvalue weighted by Gasteiger charge is -2.12. The first-order chi connectivity index (χ1) is 7.66. The molecular formula is C15H16O. The molecule has 2 rings (SSSR count). The van der Waals surface area contributed by atoms with Gasteiger partial charge in [-0.1, -0.05) is 50.3 Å². The summed E-state index contributed by atoms with van der Waals surface area (Å²) in [4.78, 5) is 0. The molecule has 0 unspecified atom stereocenters. The fourth-order valence-corrected chi connectivity index (χ4v) is 1.49. The SMILES string of the molecule is CC1(C)C=CC=C(Oc2ccccc2)C=C1. The summed E-state index contributed by atoms with van der Waals surface area (Å²) >= 11 is 0.